The number of aliphatic carboxylic acids is 1. The van der Waals surface area contributed by atoms with Crippen molar-refractivity contribution < 1.29 is 19.3 Å². The van der Waals surface area contributed by atoms with Gasteiger partial charge in [-0.05, 0) is 6.42 Å². The summed E-state index contributed by atoms with van der Waals surface area (Å²) in [4.78, 5) is 26.3. The molecule has 2 rings (SSSR count). The van der Waals surface area contributed by atoms with Crippen LogP contribution >= 0.6 is 0 Å². The van der Waals surface area contributed by atoms with E-state index in [0.29, 0.717) is 38.2 Å². The SMILES string of the molecule is CCCC[N+]([O-])(C(=O)N1CCNCC1)C(C(=O)O)c1ccccc1. The van der Waals surface area contributed by atoms with Crippen LogP contribution in [-0.2, 0) is 4.79 Å². The number of nitrogens with zero attached hydrogens (tertiary/aromatic N) is 2. The number of benzene rings is 1. The Morgan fingerprint density at radius 3 is 2.46 bits per heavy atom. The summed E-state index contributed by atoms with van der Waals surface area (Å²) < 4.78 is -1.37. The number of hydrogen-bond acceptors (Lipinski definition) is 4. The summed E-state index contributed by atoms with van der Waals surface area (Å²) in [6, 6.07) is 6.23. The minimum absolute atomic E-state index is 0.0366. The van der Waals surface area contributed by atoms with E-state index in [1.807, 2.05) is 6.92 Å². The summed E-state index contributed by atoms with van der Waals surface area (Å²) >= 11 is 0. The highest BCUT2D eigenvalue weighted by Crippen LogP contribution is 2.31. The fourth-order valence-electron chi connectivity index (χ4n) is 3.02. The smallest absolute Gasteiger partial charge is 0.420 e. The van der Waals surface area contributed by atoms with E-state index in [0.717, 1.165) is 6.42 Å². The van der Waals surface area contributed by atoms with Gasteiger partial charge in [-0.2, -0.15) is 0 Å². The molecule has 7 heteroatoms. The van der Waals surface area contributed by atoms with Crippen LogP contribution in [-0.4, -0.2) is 59.4 Å². The van der Waals surface area contributed by atoms with Crippen LogP contribution in [0.2, 0.25) is 0 Å². The molecule has 2 N–H and O–H groups in total. The third-order valence-corrected chi connectivity index (χ3v) is 4.32. The molecule has 0 bridgehead atoms. The first-order chi connectivity index (χ1) is 11.5. The average Bonchev–Trinajstić information content (AvgIpc) is 2.60. The van der Waals surface area contributed by atoms with Crippen molar-refractivity contribution in [1.29, 1.82) is 0 Å². The maximum absolute atomic E-state index is 13.5. The van der Waals surface area contributed by atoms with E-state index < -0.39 is 22.7 Å². The molecular weight excluding hydrogens is 310 g/mol. The molecule has 7 nitrogen and oxygen atoms in total. The summed E-state index contributed by atoms with van der Waals surface area (Å²) in [5.74, 6) is -1.27. The Morgan fingerprint density at radius 1 is 1.29 bits per heavy atom. The molecule has 132 valence electrons. The standard InChI is InChI=1S/C17H25N3O4/c1-2-3-13-20(24,17(23)19-11-9-18-10-12-19)15(16(21)22)14-7-5-4-6-8-14/h4-8,15,18H,2-3,9-13H2,1H3,(H,21,22). The fraction of sp³-hybridized carbons (Fsp3) is 0.529. The number of amides is 2. The average molecular weight is 335 g/mol. The second-order valence-corrected chi connectivity index (χ2v) is 6.04. The summed E-state index contributed by atoms with van der Waals surface area (Å²) in [7, 11) is 0. The number of hydroxylamine groups is 3. The van der Waals surface area contributed by atoms with E-state index >= 15 is 0 Å². The van der Waals surface area contributed by atoms with Crippen LogP contribution in [0.25, 0.3) is 0 Å². The number of urea groups is 1. The molecule has 0 aromatic heterocycles. The van der Waals surface area contributed by atoms with E-state index in [2.05, 4.69) is 5.32 Å². The van der Waals surface area contributed by atoms with Crippen molar-refractivity contribution in [2.45, 2.75) is 25.8 Å². The number of hydrogen-bond donors (Lipinski definition) is 2. The number of carboxylic acid groups (broad SMARTS) is 1. The zero-order valence-electron chi connectivity index (χ0n) is 14.0. The molecule has 1 saturated heterocycles. The molecule has 1 aliphatic rings. The molecule has 2 unspecified atom stereocenters. The molecule has 0 aliphatic carbocycles. The predicted molar refractivity (Wildman–Crippen MR) is 90.1 cm³/mol. The van der Waals surface area contributed by atoms with Crippen molar-refractivity contribution in [3.8, 4) is 0 Å². The van der Waals surface area contributed by atoms with Crippen molar-refractivity contribution in [3.05, 3.63) is 41.1 Å². The van der Waals surface area contributed by atoms with Crippen molar-refractivity contribution in [3.63, 3.8) is 0 Å². The normalized spacial score (nSPS) is 18.7. The van der Waals surface area contributed by atoms with Gasteiger partial charge in [0.1, 0.15) is 0 Å². The molecule has 1 aromatic carbocycles. The van der Waals surface area contributed by atoms with Crippen LogP contribution in [0.1, 0.15) is 31.4 Å². The molecule has 2 amide bonds. The highest BCUT2D eigenvalue weighted by molar-refractivity contribution is 5.78. The number of carbonyl (C=O) groups excluding carboxylic acids is 1. The van der Waals surface area contributed by atoms with Gasteiger partial charge in [-0.15, -0.1) is 0 Å². The van der Waals surface area contributed by atoms with Gasteiger partial charge in [-0.1, -0.05) is 43.7 Å². The maximum atomic E-state index is 13.5. The number of unbranched alkanes of at least 4 members (excludes halogenated alkanes) is 1. The Kier molecular flexibility index (Phi) is 6.30. The summed E-state index contributed by atoms with van der Waals surface area (Å²) in [6.45, 7) is 3.96. The second kappa shape index (κ2) is 8.23. The Hall–Kier alpha value is -1.96. The topological polar surface area (TPSA) is 92.7 Å². The van der Waals surface area contributed by atoms with Crippen LogP contribution in [0, 0.1) is 5.21 Å². The molecule has 2 atom stereocenters. The molecule has 1 fully saturated rings. The molecule has 0 radical (unpaired) electrons. The van der Waals surface area contributed by atoms with Gasteiger partial charge in [0, 0.05) is 31.7 Å². The van der Waals surface area contributed by atoms with E-state index in [9.17, 15) is 19.9 Å². The highest BCUT2D eigenvalue weighted by Gasteiger charge is 2.45. The monoisotopic (exact) mass is 335 g/mol. The van der Waals surface area contributed by atoms with Gasteiger partial charge in [0.2, 0.25) is 6.04 Å². The lowest BCUT2D eigenvalue weighted by Crippen LogP contribution is -2.61. The minimum Gasteiger partial charge on any atom is -0.623 e. The van der Waals surface area contributed by atoms with Crippen LogP contribution in [0.3, 0.4) is 0 Å². The molecule has 1 aromatic rings. The van der Waals surface area contributed by atoms with Gasteiger partial charge in [0.25, 0.3) is 0 Å². The molecule has 24 heavy (non-hydrogen) atoms. The van der Waals surface area contributed by atoms with E-state index in [4.69, 9.17) is 0 Å². The quantitative estimate of drug-likeness (QED) is 0.612. The summed E-state index contributed by atoms with van der Waals surface area (Å²) in [5, 5.41) is 26.4. The molecular formula is C17H25N3O4. The minimum atomic E-state index is -1.44. The van der Waals surface area contributed by atoms with Gasteiger partial charge < -0.3 is 15.6 Å². The number of rotatable bonds is 6. The lowest BCUT2D eigenvalue weighted by Gasteiger charge is -2.46. The zero-order valence-corrected chi connectivity index (χ0v) is 14.0. The lowest BCUT2D eigenvalue weighted by molar-refractivity contribution is -0.827. The first-order valence-electron chi connectivity index (χ1n) is 8.37. The van der Waals surface area contributed by atoms with Gasteiger partial charge in [0.15, 0.2) is 0 Å². The summed E-state index contributed by atoms with van der Waals surface area (Å²) in [6.07, 6.45) is 1.22. The predicted octanol–water partition coefficient (Wildman–Crippen LogP) is 1.95. The number of piperazine rings is 1. The Labute approximate surface area is 142 Å². The van der Waals surface area contributed by atoms with Crippen LogP contribution in [0.4, 0.5) is 4.79 Å². The van der Waals surface area contributed by atoms with Gasteiger partial charge in [0.05, 0.1) is 6.54 Å². The second-order valence-electron chi connectivity index (χ2n) is 6.04. The lowest BCUT2D eigenvalue weighted by atomic mass is 10.0. The largest absolute Gasteiger partial charge is 0.623 e. The van der Waals surface area contributed by atoms with Crippen molar-refractivity contribution in [2.24, 2.45) is 0 Å². The third kappa shape index (κ3) is 3.92. The van der Waals surface area contributed by atoms with Crippen LogP contribution in [0.5, 0.6) is 0 Å². The van der Waals surface area contributed by atoms with E-state index in [1.54, 1.807) is 30.3 Å². The van der Waals surface area contributed by atoms with E-state index in [-0.39, 0.29) is 6.54 Å². The molecule has 0 spiro atoms. The van der Waals surface area contributed by atoms with Crippen LogP contribution < -0.4 is 5.32 Å². The highest BCUT2D eigenvalue weighted by atomic mass is 16.6. The van der Waals surface area contributed by atoms with Gasteiger partial charge in [-0.25, -0.2) is 9.59 Å². The van der Waals surface area contributed by atoms with Crippen molar-refractivity contribution in [2.75, 3.05) is 32.7 Å². The van der Waals surface area contributed by atoms with Gasteiger partial charge >= 0.3 is 12.0 Å². The number of nitrogens with one attached hydrogen (secondary N) is 1. The Balaban J connectivity index is 2.39. The Bertz CT molecular complexity index is 560. The zero-order chi connectivity index (χ0) is 17.6. The third-order valence-electron chi connectivity index (χ3n) is 4.32. The van der Waals surface area contributed by atoms with Crippen molar-refractivity contribution >= 4 is 12.0 Å². The number of carbonyl (C=O) groups is 2. The number of quaternary nitrogens is 1. The molecule has 1 aliphatic heterocycles. The molecule has 0 saturated carbocycles. The van der Waals surface area contributed by atoms with E-state index in [1.165, 1.54) is 4.90 Å². The summed E-state index contributed by atoms with van der Waals surface area (Å²) in [5.41, 5.74) is 0.361. The first kappa shape index (κ1) is 18.4. The maximum Gasteiger partial charge on any atom is 0.420 e. The Morgan fingerprint density at radius 2 is 1.92 bits per heavy atom. The van der Waals surface area contributed by atoms with Gasteiger partial charge in [-0.3, -0.25) is 9.55 Å². The van der Waals surface area contributed by atoms with Crippen LogP contribution in [0.15, 0.2) is 30.3 Å². The first-order valence-corrected chi connectivity index (χ1v) is 8.37. The van der Waals surface area contributed by atoms with Crippen molar-refractivity contribution in [1.82, 2.24) is 10.2 Å². The fourth-order valence-corrected chi connectivity index (χ4v) is 3.02. The molecule has 1 heterocycles. The number of carboxylic acids is 1.